The summed E-state index contributed by atoms with van der Waals surface area (Å²) in [5, 5.41) is 1.18. The minimum Gasteiger partial charge on any atom is -0.449 e. The maximum atomic E-state index is 13.4. The van der Waals surface area contributed by atoms with Crippen LogP contribution < -0.4 is 0 Å². The minimum absolute atomic E-state index is 0.0681. The smallest absolute Gasteiger partial charge is 0.342 e. The van der Waals surface area contributed by atoms with E-state index < -0.39 is 12.1 Å². The van der Waals surface area contributed by atoms with E-state index in [1.54, 1.807) is 16.7 Å². The highest BCUT2D eigenvalue weighted by Crippen LogP contribution is 2.32. The Hall–Kier alpha value is -2.66. The maximum absolute atomic E-state index is 13.4. The third-order valence-corrected chi connectivity index (χ3v) is 5.57. The van der Waals surface area contributed by atoms with E-state index in [0.29, 0.717) is 6.42 Å². The molecule has 0 bridgehead atoms. The molecule has 6 heteroatoms. The zero-order chi connectivity index (χ0) is 19.7. The maximum Gasteiger partial charge on any atom is 0.342 e. The molecule has 0 saturated heterocycles. The Morgan fingerprint density at radius 3 is 2.75 bits per heavy atom. The number of ether oxygens (including phenoxy) is 1. The number of hydrogen-bond donors (Lipinski definition) is 0. The molecule has 4 rings (SSSR count). The lowest BCUT2D eigenvalue weighted by Crippen LogP contribution is -2.32. The van der Waals surface area contributed by atoms with Crippen molar-refractivity contribution in [2.24, 2.45) is 0 Å². The SMILES string of the molecule is CCC(OC(=O)c1cccnc1Cl)C(=O)n1c2c(c3ccccc31)CCCC2. The zero-order valence-corrected chi connectivity index (χ0v) is 16.4. The summed E-state index contributed by atoms with van der Waals surface area (Å²) in [6.07, 6.45) is 5.00. The van der Waals surface area contributed by atoms with Gasteiger partial charge in [-0.2, -0.15) is 0 Å². The van der Waals surface area contributed by atoms with Crippen LogP contribution in [-0.2, 0) is 17.6 Å². The summed E-state index contributed by atoms with van der Waals surface area (Å²) in [6.45, 7) is 1.83. The Kier molecular flexibility index (Phi) is 5.18. The van der Waals surface area contributed by atoms with Gasteiger partial charge in [-0.1, -0.05) is 36.7 Å². The van der Waals surface area contributed by atoms with Crippen LogP contribution in [0.5, 0.6) is 0 Å². The monoisotopic (exact) mass is 396 g/mol. The minimum atomic E-state index is -0.884. The van der Waals surface area contributed by atoms with Crippen LogP contribution in [0.4, 0.5) is 0 Å². The van der Waals surface area contributed by atoms with Crippen LogP contribution in [0.25, 0.3) is 10.9 Å². The lowest BCUT2D eigenvalue weighted by molar-refractivity contribution is 0.0241. The quantitative estimate of drug-likeness (QED) is 0.467. The zero-order valence-electron chi connectivity index (χ0n) is 15.7. The molecule has 28 heavy (non-hydrogen) atoms. The predicted molar refractivity (Wildman–Crippen MR) is 108 cm³/mol. The van der Waals surface area contributed by atoms with Gasteiger partial charge in [-0.15, -0.1) is 0 Å². The van der Waals surface area contributed by atoms with E-state index in [9.17, 15) is 9.59 Å². The second-order valence-corrected chi connectivity index (χ2v) is 7.33. The Balaban J connectivity index is 1.70. The number of hydrogen-bond acceptors (Lipinski definition) is 4. The van der Waals surface area contributed by atoms with Gasteiger partial charge in [-0.05, 0) is 55.9 Å². The molecule has 0 radical (unpaired) electrons. The summed E-state index contributed by atoms with van der Waals surface area (Å²) in [7, 11) is 0. The third-order valence-electron chi connectivity index (χ3n) is 5.27. The normalized spacial score (nSPS) is 14.5. The van der Waals surface area contributed by atoms with Gasteiger partial charge in [-0.25, -0.2) is 9.78 Å². The van der Waals surface area contributed by atoms with Crippen LogP contribution >= 0.6 is 11.6 Å². The van der Waals surface area contributed by atoms with Crippen molar-refractivity contribution in [3.63, 3.8) is 0 Å². The molecule has 1 aliphatic rings. The predicted octanol–water partition coefficient (Wildman–Crippen LogP) is 4.84. The molecule has 2 heterocycles. The van der Waals surface area contributed by atoms with Gasteiger partial charge in [0.25, 0.3) is 5.91 Å². The van der Waals surface area contributed by atoms with Crippen LogP contribution in [0.3, 0.4) is 0 Å². The molecule has 3 aromatic rings. The van der Waals surface area contributed by atoms with E-state index in [-0.39, 0.29) is 16.6 Å². The number of carbonyl (C=O) groups excluding carboxylic acids is 2. The molecule has 1 atom stereocenters. The molecule has 0 spiro atoms. The Morgan fingerprint density at radius 2 is 1.96 bits per heavy atom. The number of fused-ring (bicyclic) bond motifs is 3. The Morgan fingerprint density at radius 1 is 1.18 bits per heavy atom. The first-order chi connectivity index (χ1) is 13.6. The van der Waals surface area contributed by atoms with Gasteiger partial charge in [0.1, 0.15) is 5.15 Å². The lowest BCUT2D eigenvalue weighted by atomic mass is 9.95. The van der Waals surface area contributed by atoms with Crippen LogP contribution in [-0.4, -0.2) is 27.5 Å². The molecule has 0 fully saturated rings. The van der Waals surface area contributed by atoms with Crippen molar-refractivity contribution < 1.29 is 14.3 Å². The molecular formula is C22H21ClN2O3. The van der Waals surface area contributed by atoms with Gasteiger partial charge in [0.05, 0.1) is 11.1 Å². The fraction of sp³-hybridized carbons (Fsp3) is 0.318. The number of pyridine rings is 1. The molecule has 0 aliphatic heterocycles. The van der Waals surface area contributed by atoms with Gasteiger partial charge < -0.3 is 4.74 Å². The van der Waals surface area contributed by atoms with Gasteiger partial charge >= 0.3 is 5.97 Å². The molecule has 2 aromatic heterocycles. The second kappa shape index (κ2) is 7.76. The van der Waals surface area contributed by atoms with E-state index in [1.807, 2.05) is 25.1 Å². The number of aryl methyl sites for hydroxylation is 1. The summed E-state index contributed by atoms with van der Waals surface area (Å²) in [5.74, 6) is -0.848. The van der Waals surface area contributed by atoms with Gasteiger partial charge in [0, 0.05) is 17.3 Å². The number of para-hydroxylation sites is 1. The number of aromatic nitrogens is 2. The molecular weight excluding hydrogens is 376 g/mol. The standard InChI is InChI=1S/C22H21ClN2O3/c1-2-19(28-22(27)16-10-7-13-24-20(16)23)21(26)25-17-11-5-3-8-14(17)15-9-4-6-12-18(15)25/h3,5,7-8,10-11,13,19H,2,4,6,9,12H2,1H3. The summed E-state index contributed by atoms with van der Waals surface area (Å²) in [4.78, 5) is 29.9. The topological polar surface area (TPSA) is 61.2 Å². The lowest BCUT2D eigenvalue weighted by Gasteiger charge is -2.20. The summed E-state index contributed by atoms with van der Waals surface area (Å²) < 4.78 is 7.32. The first kappa shape index (κ1) is 18.7. The molecule has 1 aliphatic carbocycles. The molecule has 0 N–H and O–H groups in total. The number of halogens is 1. The number of carbonyl (C=O) groups is 2. The molecule has 1 unspecified atom stereocenters. The highest BCUT2D eigenvalue weighted by atomic mass is 35.5. The van der Waals surface area contributed by atoms with E-state index in [0.717, 1.165) is 42.3 Å². The van der Waals surface area contributed by atoms with Gasteiger partial charge in [0.2, 0.25) is 0 Å². The second-order valence-electron chi connectivity index (χ2n) is 6.97. The highest BCUT2D eigenvalue weighted by Gasteiger charge is 2.30. The van der Waals surface area contributed by atoms with E-state index in [2.05, 4.69) is 11.1 Å². The molecule has 0 amide bonds. The van der Waals surface area contributed by atoms with E-state index >= 15 is 0 Å². The van der Waals surface area contributed by atoms with Crippen molar-refractivity contribution in [3.05, 3.63) is 64.6 Å². The van der Waals surface area contributed by atoms with Crippen LogP contribution in [0.2, 0.25) is 5.15 Å². The fourth-order valence-electron chi connectivity index (χ4n) is 3.93. The van der Waals surface area contributed by atoms with Crippen LogP contribution in [0.1, 0.15) is 52.6 Å². The number of rotatable bonds is 4. The first-order valence-electron chi connectivity index (χ1n) is 9.58. The largest absolute Gasteiger partial charge is 0.449 e. The van der Waals surface area contributed by atoms with E-state index in [1.165, 1.54) is 11.8 Å². The van der Waals surface area contributed by atoms with Crippen molar-refractivity contribution in [1.29, 1.82) is 0 Å². The van der Waals surface area contributed by atoms with Crippen molar-refractivity contribution in [1.82, 2.24) is 9.55 Å². The van der Waals surface area contributed by atoms with E-state index in [4.69, 9.17) is 16.3 Å². The molecule has 1 aromatic carbocycles. The third kappa shape index (κ3) is 3.20. The number of nitrogens with zero attached hydrogens (tertiary/aromatic N) is 2. The average molecular weight is 397 g/mol. The Bertz CT molecular complexity index is 1060. The van der Waals surface area contributed by atoms with Crippen LogP contribution in [0, 0.1) is 0 Å². The molecule has 0 saturated carbocycles. The fourth-order valence-corrected chi connectivity index (χ4v) is 4.13. The molecule has 5 nitrogen and oxygen atoms in total. The van der Waals surface area contributed by atoms with Crippen molar-refractivity contribution in [2.45, 2.75) is 45.1 Å². The first-order valence-corrected chi connectivity index (χ1v) is 9.96. The van der Waals surface area contributed by atoms with Gasteiger partial charge in [0.15, 0.2) is 6.10 Å². The summed E-state index contributed by atoms with van der Waals surface area (Å²) >= 11 is 6.00. The Labute approximate surface area is 168 Å². The molecule has 144 valence electrons. The number of esters is 1. The van der Waals surface area contributed by atoms with Gasteiger partial charge in [-0.3, -0.25) is 9.36 Å². The summed E-state index contributed by atoms with van der Waals surface area (Å²) in [6, 6.07) is 11.1. The number of benzene rings is 1. The summed E-state index contributed by atoms with van der Waals surface area (Å²) in [5.41, 5.74) is 3.33. The average Bonchev–Trinajstić information content (AvgIpc) is 3.06. The van der Waals surface area contributed by atoms with Crippen molar-refractivity contribution in [2.75, 3.05) is 0 Å². The van der Waals surface area contributed by atoms with Crippen molar-refractivity contribution >= 4 is 34.4 Å². The van der Waals surface area contributed by atoms with Crippen LogP contribution in [0.15, 0.2) is 42.6 Å². The highest BCUT2D eigenvalue weighted by molar-refractivity contribution is 6.32. The van der Waals surface area contributed by atoms with Crippen molar-refractivity contribution in [3.8, 4) is 0 Å².